The molecule has 17 heavy (non-hydrogen) atoms. The Labute approximate surface area is 103 Å². The fraction of sp³-hybridized carbons (Fsp3) is 0.923. The summed E-state index contributed by atoms with van der Waals surface area (Å²) in [5, 5.41) is 9.79. The van der Waals surface area contributed by atoms with E-state index in [1.165, 1.54) is 25.7 Å². The molecule has 3 aliphatic rings. The molecule has 2 atom stereocenters. The molecule has 3 aliphatic heterocycles. The number of likely N-dealkylation sites (tertiary alicyclic amines) is 1. The third-order valence-corrected chi connectivity index (χ3v) is 4.99. The van der Waals surface area contributed by atoms with E-state index < -0.39 is 11.5 Å². The highest BCUT2D eigenvalue weighted by molar-refractivity contribution is 5.80. The lowest BCUT2D eigenvalue weighted by Crippen LogP contribution is -2.61. The van der Waals surface area contributed by atoms with E-state index in [9.17, 15) is 9.90 Å². The van der Waals surface area contributed by atoms with E-state index in [-0.39, 0.29) is 6.04 Å². The van der Waals surface area contributed by atoms with E-state index in [4.69, 9.17) is 0 Å². The summed E-state index contributed by atoms with van der Waals surface area (Å²) in [5.74, 6) is -0.575. The average Bonchev–Trinajstić information content (AvgIpc) is 2.90. The third kappa shape index (κ3) is 1.61. The summed E-state index contributed by atoms with van der Waals surface area (Å²) in [7, 11) is 0. The molecule has 3 fully saturated rings. The Bertz CT molecular complexity index is 315. The molecular weight excluding hydrogens is 216 g/mol. The highest BCUT2D eigenvalue weighted by atomic mass is 16.4. The molecule has 0 aromatic carbocycles. The molecule has 0 bridgehead atoms. The largest absolute Gasteiger partial charge is 0.480 e. The van der Waals surface area contributed by atoms with Crippen LogP contribution in [0.4, 0.5) is 0 Å². The van der Waals surface area contributed by atoms with Gasteiger partial charge in [0.2, 0.25) is 0 Å². The van der Waals surface area contributed by atoms with Crippen molar-refractivity contribution in [1.29, 1.82) is 0 Å². The van der Waals surface area contributed by atoms with Crippen LogP contribution in [0, 0.1) is 0 Å². The van der Waals surface area contributed by atoms with Gasteiger partial charge in [-0.2, -0.15) is 0 Å². The standard InChI is InChI=1S/C13H22N2O2/c16-12(17)13(15-8-2-1-3-9-15)6-10-14-7-4-5-11(13)14/h11H,1-10H2,(H,16,17). The van der Waals surface area contributed by atoms with Crippen LogP contribution < -0.4 is 0 Å². The zero-order valence-corrected chi connectivity index (χ0v) is 10.4. The lowest BCUT2D eigenvalue weighted by Gasteiger charge is -2.43. The second kappa shape index (κ2) is 4.25. The van der Waals surface area contributed by atoms with Crippen molar-refractivity contribution in [1.82, 2.24) is 9.80 Å². The maximum Gasteiger partial charge on any atom is 0.325 e. The van der Waals surface area contributed by atoms with Gasteiger partial charge in [0.15, 0.2) is 0 Å². The van der Waals surface area contributed by atoms with Crippen LogP contribution in [0.25, 0.3) is 0 Å². The molecule has 0 aromatic rings. The van der Waals surface area contributed by atoms with Crippen LogP contribution in [0.2, 0.25) is 0 Å². The van der Waals surface area contributed by atoms with Gasteiger partial charge in [0.05, 0.1) is 0 Å². The summed E-state index contributed by atoms with van der Waals surface area (Å²) in [6.45, 7) is 4.05. The first-order valence-electron chi connectivity index (χ1n) is 6.97. The van der Waals surface area contributed by atoms with Crippen molar-refractivity contribution < 1.29 is 9.90 Å². The first-order valence-corrected chi connectivity index (χ1v) is 6.97. The lowest BCUT2D eigenvalue weighted by molar-refractivity contribution is -0.154. The Morgan fingerprint density at radius 3 is 2.53 bits per heavy atom. The fourth-order valence-corrected chi connectivity index (χ4v) is 4.16. The Balaban J connectivity index is 1.89. The molecule has 0 spiro atoms. The number of piperidine rings is 1. The monoisotopic (exact) mass is 238 g/mol. The predicted molar refractivity (Wildman–Crippen MR) is 65.0 cm³/mol. The smallest absolute Gasteiger partial charge is 0.325 e. The minimum absolute atomic E-state index is 0.276. The van der Waals surface area contributed by atoms with Crippen molar-refractivity contribution in [3.63, 3.8) is 0 Å². The van der Waals surface area contributed by atoms with Crippen LogP contribution in [0.5, 0.6) is 0 Å². The van der Waals surface area contributed by atoms with Crippen LogP contribution in [0.15, 0.2) is 0 Å². The van der Waals surface area contributed by atoms with Crippen molar-refractivity contribution in [2.75, 3.05) is 26.2 Å². The molecule has 4 nitrogen and oxygen atoms in total. The van der Waals surface area contributed by atoms with Gasteiger partial charge < -0.3 is 5.11 Å². The molecule has 0 aromatic heterocycles. The summed E-state index contributed by atoms with van der Waals surface area (Å²) < 4.78 is 0. The number of carbonyl (C=O) groups is 1. The van der Waals surface area contributed by atoms with Gasteiger partial charge in [-0.1, -0.05) is 6.42 Å². The topological polar surface area (TPSA) is 43.8 Å². The molecule has 2 unspecified atom stereocenters. The van der Waals surface area contributed by atoms with E-state index in [2.05, 4.69) is 9.80 Å². The predicted octanol–water partition coefficient (Wildman–Crippen LogP) is 1.16. The first-order chi connectivity index (χ1) is 8.25. The summed E-state index contributed by atoms with van der Waals surface area (Å²) in [5.41, 5.74) is -0.559. The molecule has 0 amide bonds. The van der Waals surface area contributed by atoms with Crippen LogP contribution in [-0.2, 0) is 4.79 Å². The number of hydrogen-bond donors (Lipinski definition) is 1. The number of nitrogens with zero attached hydrogens (tertiary/aromatic N) is 2. The maximum absolute atomic E-state index is 11.9. The summed E-state index contributed by atoms with van der Waals surface area (Å²) >= 11 is 0. The van der Waals surface area contributed by atoms with E-state index in [0.717, 1.165) is 39.0 Å². The highest BCUT2D eigenvalue weighted by Crippen LogP contribution is 2.41. The number of carboxylic acids is 1. The van der Waals surface area contributed by atoms with Crippen LogP contribution in [0.1, 0.15) is 38.5 Å². The van der Waals surface area contributed by atoms with Gasteiger partial charge in [-0.25, -0.2) is 0 Å². The number of hydrogen-bond acceptors (Lipinski definition) is 3. The van der Waals surface area contributed by atoms with Gasteiger partial charge in [-0.05, 0) is 51.7 Å². The third-order valence-electron chi connectivity index (χ3n) is 4.99. The van der Waals surface area contributed by atoms with Gasteiger partial charge in [-0.3, -0.25) is 14.6 Å². The van der Waals surface area contributed by atoms with Crippen molar-refractivity contribution in [3.8, 4) is 0 Å². The minimum Gasteiger partial charge on any atom is -0.480 e. The number of carboxylic acid groups (broad SMARTS) is 1. The van der Waals surface area contributed by atoms with Crippen molar-refractivity contribution in [3.05, 3.63) is 0 Å². The zero-order chi connectivity index (χ0) is 11.9. The van der Waals surface area contributed by atoms with E-state index in [1.807, 2.05) is 0 Å². The van der Waals surface area contributed by atoms with E-state index >= 15 is 0 Å². The van der Waals surface area contributed by atoms with Gasteiger partial charge in [0, 0.05) is 12.6 Å². The highest BCUT2D eigenvalue weighted by Gasteiger charge is 2.57. The van der Waals surface area contributed by atoms with Crippen LogP contribution >= 0.6 is 0 Å². The Hall–Kier alpha value is -0.610. The van der Waals surface area contributed by atoms with E-state index in [1.54, 1.807) is 0 Å². The van der Waals surface area contributed by atoms with Crippen LogP contribution in [0.3, 0.4) is 0 Å². The average molecular weight is 238 g/mol. The van der Waals surface area contributed by atoms with Crippen LogP contribution in [-0.4, -0.2) is 58.6 Å². The van der Waals surface area contributed by atoms with Gasteiger partial charge in [0.25, 0.3) is 0 Å². The van der Waals surface area contributed by atoms with Gasteiger partial charge in [-0.15, -0.1) is 0 Å². The minimum atomic E-state index is -0.575. The Morgan fingerprint density at radius 2 is 1.82 bits per heavy atom. The van der Waals surface area contributed by atoms with Crippen molar-refractivity contribution in [2.45, 2.75) is 50.1 Å². The molecule has 3 rings (SSSR count). The molecular formula is C13H22N2O2. The zero-order valence-electron chi connectivity index (χ0n) is 10.4. The molecule has 3 heterocycles. The Kier molecular flexibility index (Phi) is 2.87. The van der Waals surface area contributed by atoms with Gasteiger partial charge >= 0.3 is 5.97 Å². The van der Waals surface area contributed by atoms with E-state index in [0.29, 0.717) is 0 Å². The molecule has 3 saturated heterocycles. The molecule has 0 aliphatic carbocycles. The molecule has 0 saturated carbocycles. The second-order valence-corrected chi connectivity index (χ2v) is 5.72. The quantitative estimate of drug-likeness (QED) is 0.784. The summed E-state index contributed by atoms with van der Waals surface area (Å²) in [6, 6.07) is 0.276. The SMILES string of the molecule is O=C(O)C1(N2CCCCC2)CCN2CCCC21. The van der Waals surface area contributed by atoms with Crippen molar-refractivity contribution >= 4 is 5.97 Å². The second-order valence-electron chi connectivity index (χ2n) is 5.72. The molecule has 96 valence electrons. The number of rotatable bonds is 2. The summed E-state index contributed by atoms with van der Waals surface area (Å²) in [4.78, 5) is 16.6. The fourth-order valence-electron chi connectivity index (χ4n) is 4.16. The molecule has 1 N–H and O–H groups in total. The van der Waals surface area contributed by atoms with Crippen molar-refractivity contribution in [2.24, 2.45) is 0 Å². The maximum atomic E-state index is 11.9. The summed E-state index contributed by atoms with van der Waals surface area (Å²) in [6.07, 6.45) is 6.67. The number of fused-ring (bicyclic) bond motifs is 1. The number of aliphatic carboxylic acids is 1. The normalized spacial score (nSPS) is 39.4. The molecule has 0 radical (unpaired) electrons. The first kappa shape index (κ1) is 11.5. The lowest BCUT2D eigenvalue weighted by atomic mass is 9.85. The molecule has 4 heteroatoms. The Morgan fingerprint density at radius 1 is 1.06 bits per heavy atom. The van der Waals surface area contributed by atoms with Gasteiger partial charge in [0.1, 0.15) is 5.54 Å².